The van der Waals surface area contributed by atoms with E-state index in [0.717, 1.165) is 45.1 Å². The lowest BCUT2D eigenvalue weighted by atomic mass is 9.87. The summed E-state index contributed by atoms with van der Waals surface area (Å²) in [5, 5.41) is 8.34. The number of thiazole rings is 1. The number of aromatic nitrogens is 3. The Morgan fingerprint density at radius 3 is 2.87 bits per heavy atom. The maximum absolute atomic E-state index is 12.6. The van der Waals surface area contributed by atoms with Crippen LogP contribution in [0.4, 0.5) is 5.82 Å². The zero-order valence-electron chi connectivity index (χ0n) is 16.7. The molecule has 5 rings (SSSR count). The summed E-state index contributed by atoms with van der Waals surface area (Å²) in [4.78, 5) is 17.3. The number of unbranched alkanes of at least 4 members (excludes halogenated alkanes) is 1. The minimum Gasteiger partial charge on any atom is -0.493 e. The zero-order valence-corrected chi connectivity index (χ0v) is 17.5. The number of fused-ring (bicyclic) bond motifs is 2. The van der Waals surface area contributed by atoms with Crippen LogP contribution in [-0.4, -0.2) is 27.3 Å². The minimum absolute atomic E-state index is 0.0290. The third kappa shape index (κ3) is 3.35. The highest BCUT2D eigenvalue weighted by molar-refractivity contribution is 7.20. The minimum atomic E-state index is -0.102. The highest BCUT2D eigenvalue weighted by Gasteiger charge is 2.32. The van der Waals surface area contributed by atoms with Crippen LogP contribution in [0.15, 0.2) is 54.7 Å². The van der Waals surface area contributed by atoms with Crippen molar-refractivity contribution in [3.8, 4) is 10.9 Å². The van der Waals surface area contributed by atoms with Crippen LogP contribution in [-0.2, 0) is 4.79 Å². The number of para-hydroxylation sites is 2. The lowest BCUT2D eigenvalue weighted by Crippen LogP contribution is -2.25. The van der Waals surface area contributed by atoms with Crippen molar-refractivity contribution in [2.45, 2.75) is 32.1 Å². The molecule has 0 saturated heterocycles. The van der Waals surface area contributed by atoms with Gasteiger partial charge in [-0.25, -0.2) is 4.98 Å². The summed E-state index contributed by atoms with van der Waals surface area (Å²) in [6, 6.07) is 16.0. The van der Waals surface area contributed by atoms with E-state index in [2.05, 4.69) is 17.3 Å². The number of nitrogens with one attached hydrogen (secondary N) is 1. The number of anilines is 1. The number of nitrogens with zero attached hydrogens (tertiary/aromatic N) is 3. The first kappa shape index (κ1) is 18.8. The smallest absolute Gasteiger partial charge is 0.226 e. The van der Waals surface area contributed by atoms with Crippen molar-refractivity contribution in [1.82, 2.24) is 14.8 Å². The molecule has 0 aliphatic carbocycles. The molecule has 2 aromatic carbocycles. The Labute approximate surface area is 178 Å². The van der Waals surface area contributed by atoms with E-state index in [4.69, 9.17) is 9.72 Å². The van der Waals surface area contributed by atoms with E-state index in [1.807, 2.05) is 54.7 Å². The lowest BCUT2D eigenvalue weighted by molar-refractivity contribution is -0.116. The molecule has 0 radical (unpaired) electrons. The average molecular weight is 419 g/mol. The van der Waals surface area contributed by atoms with E-state index in [0.29, 0.717) is 18.8 Å². The fraction of sp³-hybridized carbons (Fsp3) is 0.261. The maximum atomic E-state index is 12.6. The molecule has 1 aliphatic rings. The second-order valence-corrected chi connectivity index (χ2v) is 8.38. The van der Waals surface area contributed by atoms with Gasteiger partial charge in [-0.05, 0) is 24.6 Å². The first-order valence-corrected chi connectivity index (χ1v) is 11.0. The van der Waals surface area contributed by atoms with Gasteiger partial charge in [-0.2, -0.15) is 9.78 Å². The SMILES string of the molecule is CCCCOc1ccccc1C1CC(=O)Nc2c1cnn2-c1nc2ccccc2s1. The molecule has 0 spiro atoms. The molecule has 152 valence electrons. The number of rotatable bonds is 6. The van der Waals surface area contributed by atoms with E-state index in [9.17, 15) is 4.79 Å². The quantitative estimate of drug-likeness (QED) is 0.441. The number of carbonyl (C=O) groups excluding carboxylic acids is 1. The number of hydrogen-bond donors (Lipinski definition) is 1. The second-order valence-electron chi connectivity index (χ2n) is 7.37. The topological polar surface area (TPSA) is 69.0 Å². The van der Waals surface area contributed by atoms with Crippen LogP contribution >= 0.6 is 11.3 Å². The Morgan fingerprint density at radius 2 is 2.00 bits per heavy atom. The molecule has 0 saturated carbocycles. The molecule has 1 amide bonds. The molecule has 7 heteroatoms. The molecule has 2 aromatic heterocycles. The van der Waals surface area contributed by atoms with Crippen molar-refractivity contribution in [3.05, 3.63) is 65.9 Å². The molecular weight excluding hydrogens is 396 g/mol. The van der Waals surface area contributed by atoms with Gasteiger partial charge in [-0.15, -0.1) is 0 Å². The van der Waals surface area contributed by atoms with Crippen LogP contribution in [0.2, 0.25) is 0 Å². The molecule has 0 fully saturated rings. The standard InChI is InChI=1S/C23H22N4O2S/c1-2-3-12-29-19-10-6-4-8-15(19)16-13-21(28)26-22-17(16)14-24-27(22)23-25-18-9-5-7-11-20(18)30-23/h4-11,14,16H,2-3,12-13H2,1H3,(H,26,28). The van der Waals surface area contributed by atoms with Crippen molar-refractivity contribution in [2.24, 2.45) is 0 Å². The third-order valence-electron chi connectivity index (χ3n) is 5.33. The number of benzene rings is 2. The summed E-state index contributed by atoms with van der Waals surface area (Å²) in [6.07, 6.45) is 4.29. The Balaban J connectivity index is 1.55. The average Bonchev–Trinajstić information content (AvgIpc) is 3.37. The first-order chi connectivity index (χ1) is 14.7. The number of ether oxygens (including phenoxy) is 1. The van der Waals surface area contributed by atoms with Gasteiger partial charge in [0, 0.05) is 23.5 Å². The molecule has 1 N–H and O–H groups in total. The van der Waals surface area contributed by atoms with Crippen molar-refractivity contribution < 1.29 is 9.53 Å². The van der Waals surface area contributed by atoms with Gasteiger partial charge in [0.2, 0.25) is 11.0 Å². The summed E-state index contributed by atoms with van der Waals surface area (Å²) in [5.41, 5.74) is 2.93. The van der Waals surface area contributed by atoms with Crippen LogP contribution in [0, 0.1) is 0 Å². The predicted octanol–water partition coefficient (Wildman–Crippen LogP) is 5.14. The van der Waals surface area contributed by atoms with Crippen molar-refractivity contribution in [2.75, 3.05) is 11.9 Å². The Kier molecular flexibility index (Phi) is 4.96. The first-order valence-electron chi connectivity index (χ1n) is 10.2. The van der Waals surface area contributed by atoms with E-state index >= 15 is 0 Å². The Hall–Kier alpha value is -3.19. The molecule has 30 heavy (non-hydrogen) atoms. The molecule has 0 bridgehead atoms. The van der Waals surface area contributed by atoms with Crippen LogP contribution in [0.3, 0.4) is 0 Å². The largest absolute Gasteiger partial charge is 0.493 e. The van der Waals surface area contributed by atoms with Crippen molar-refractivity contribution >= 4 is 33.3 Å². The molecule has 1 atom stereocenters. The van der Waals surface area contributed by atoms with E-state index in [1.165, 1.54) is 0 Å². The summed E-state index contributed by atoms with van der Waals surface area (Å²) < 4.78 is 8.87. The van der Waals surface area contributed by atoms with Gasteiger partial charge in [0.05, 0.1) is 23.0 Å². The summed E-state index contributed by atoms with van der Waals surface area (Å²) in [7, 11) is 0. The van der Waals surface area contributed by atoms with E-state index in [1.54, 1.807) is 16.0 Å². The normalized spacial score (nSPS) is 15.8. The van der Waals surface area contributed by atoms with Gasteiger partial charge in [0.15, 0.2) is 0 Å². The summed E-state index contributed by atoms with van der Waals surface area (Å²) in [6.45, 7) is 2.81. The van der Waals surface area contributed by atoms with Crippen LogP contribution in [0.25, 0.3) is 15.3 Å². The predicted molar refractivity (Wildman–Crippen MR) is 119 cm³/mol. The zero-order chi connectivity index (χ0) is 20.5. The molecule has 3 heterocycles. The second kappa shape index (κ2) is 7.91. The van der Waals surface area contributed by atoms with E-state index in [-0.39, 0.29) is 11.8 Å². The van der Waals surface area contributed by atoms with Crippen LogP contribution < -0.4 is 10.1 Å². The summed E-state index contributed by atoms with van der Waals surface area (Å²) >= 11 is 1.56. The molecule has 1 unspecified atom stereocenters. The van der Waals surface area contributed by atoms with Gasteiger partial charge in [-0.3, -0.25) is 4.79 Å². The molecule has 6 nitrogen and oxygen atoms in total. The van der Waals surface area contributed by atoms with Crippen LogP contribution in [0.1, 0.15) is 43.2 Å². The van der Waals surface area contributed by atoms with E-state index < -0.39 is 0 Å². The van der Waals surface area contributed by atoms with Gasteiger partial charge in [0.1, 0.15) is 11.6 Å². The fourth-order valence-electron chi connectivity index (χ4n) is 3.82. The molecular formula is C23H22N4O2S. The Morgan fingerprint density at radius 1 is 1.17 bits per heavy atom. The van der Waals surface area contributed by atoms with Crippen molar-refractivity contribution in [1.29, 1.82) is 0 Å². The number of carbonyl (C=O) groups is 1. The third-order valence-corrected chi connectivity index (χ3v) is 6.35. The van der Waals surface area contributed by atoms with Crippen molar-refractivity contribution in [3.63, 3.8) is 0 Å². The van der Waals surface area contributed by atoms with Gasteiger partial charge >= 0.3 is 0 Å². The maximum Gasteiger partial charge on any atom is 0.226 e. The summed E-state index contributed by atoms with van der Waals surface area (Å²) in [5.74, 6) is 1.40. The fourth-order valence-corrected chi connectivity index (χ4v) is 4.75. The molecule has 1 aliphatic heterocycles. The highest BCUT2D eigenvalue weighted by atomic mass is 32.1. The van der Waals surface area contributed by atoms with Gasteiger partial charge in [0.25, 0.3) is 0 Å². The highest BCUT2D eigenvalue weighted by Crippen LogP contribution is 2.42. The van der Waals surface area contributed by atoms with Gasteiger partial charge in [-0.1, -0.05) is 55.0 Å². The number of amides is 1. The molecule has 4 aromatic rings. The monoisotopic (exact) mass is 418 g/mol. The number of hydrogen-bond acceptors (Lipinski definition) is 5. The van der Waals surface area contributed by atoms with Crippen LogP contribution in [0.5, 0.6) is 5.75 Å². The van der Waals surface area contributed by atoms with Gasteiger partial charge < -0.3 is 10.1 Å². The Bertz CT molecular complexity index is 1180. The lowest BCUT2D eigenvalue weighted by Gasteiger charge is -2.25.